The molecule has 1 atom stereocenters. The van der Waals surface area contributed by atoms with Crippen molar-refractivity contribution in [3.05, 3.63) is 35.4 Å². The van der Waals surface area contributed by atoms with E-state index in [2.05, 4.69) is 20.8 Å². The van der Waals surface area contributed by atoms with Crippen LogP contribution in [0.4, 0.5) is 0 Å². The van der Waals surface area contributed by atoms with Gasteiger partial charge in [0.15, 0.2) is 0 Å². The Hall–Kier alpha value is -1.84. The fourth-order valence-electron chi connectivity index (χ4n) is 3.98. The fourth-order valence-corrected chi connectivity index (χ4v) is 3.98. The van der Waals surface area contributed by atoms with E-state index >= 15 is 0 Å². The van der Waals surface area contributed by atoms with E-state index < -0.39 is 11.9 Å². The SMILES string of the molecule is CCCCCCCCCCCCCCOC(=O)c1ccccc1C(=O)OC(C)CC(C)C. The Kier molecular flexibility index (Phi) is 15.6. The van der Waals surface area contributed by atoms with Crippen LogP contribution < -0.4 is 0 Å². The molecule has 0 radical (unpaired) electrons. The Balaban J connectivity index is 2.22. The van der Waals surface area contributed by atoms with Gasteiger partial charge in [-0.25, -0.2) is 9.59 Å². The minimum Gasteiger partial charge on any atom is -0.462 e. The monoisotopic (exact) mass is 446 g/mol. The first-order valence-corrected chi connectivity index (χ1v) is 12.9. The van der Waals surface area contributed by atoms with Crippen molar-refractivity contribution in [3.63, 3.8) is 0 Å². The molecular weight excluding hydrogens is 400 g/mol. The van der Waals surface area contributed by atoms with Crippen molar-refractivity contribution in [3.8, 4) is 0 Å². The average molecular weight is 447 g/mol. The molecule has 0 spiro atoms. The summed E-state index contributed by atoms with van der Waals surface area (Å²) < 4.78 is 10.9. The largest absolute Gasteiger partial charge is 0.462 e. The zero-order valence-electron chi connectivity index (χ0n) is 21.0. The molecule has 32 heavy (non-hydrogen) atoms. The Morgan fingerprint density at radius 1 is 0.719 bits per heavy atom. The maximum absolute atomic E-state index is 12.5. The highest BCUT2D eigenvalue weighted by Gasteiger charge is 2.21. The van der Waals surface area contributed by atoms with Gasteiger partial charge in [-0.15, -0.1) is 0 Å². The van der Waals surface area contributed by atoms with Crippen molar-refractivity contribution < 1.29 is 19.1 Å². The topological polar surface area (TPSA) is 52.6 Å². The van der Waals surface area contributed by atoms with Gasteiger partial charge in [0, 0.05) is 0 Å². The maximum Gasteiger partial charge on any atom is 0.339 e. The summed E-state index contributed by atoms with van der Waals surface area (Å²) in [6.45, 7) is 8.71. The zero-order chi connectivity index (χ0) is 23.6. The summed E-state index contributed by atoms with van der Waals surface area (Å²) in [6, 6.07) is 6.75. The van der Waals surface area contributed by atoms with Gasteiger partial charge in [0.1, 0.15) is 0 Å². The molecule has 0 N–H and O–H groups in total. The number of hydrogen-bond acceptors (Lipinski definition) is 4. The Morgan fingerprint density at radius 2 is 1.19 bits per heavy atom. The zero-order valence-corrected chi connectivity index (χ0v) is 21.0. The summed E-state index contributed by atoms with van der Waals surface area (Å²) in [4.78, 5) is 25.0. The van der Waals surface area contributed by atoms with Gasteiger partial charge in [-0.2, -0.15) is 0 Å². The first-order valence-electron chi connectivity index (χ1n) is 12.9. The molecule has 0 saturated carbocycles. The Morgan fingerprint density at radius 3 is 1.69 bits per heavy atom. The van der Waals surface area contributed by atoms with Crippen molar-refractivity contribution >= 4 is 11.9 Å². The van der Waals surface area contributed by atoms with E-state index in [-0.39, 0.29) is 17.2 Å². The average Bonchev–Trinajstić information content (AvgIpc) is 2.76. The number of carbonyl (C=O) groups excluding carboxylic acids is 2. The second-order valence-electron chi connectivity index (χ2n) is 9.42. The Labute approximate surface area is 196 Å². The molecule has 4 heteroatoms. The molecule has 1 aromatic carbocycles. The van der Waals surface area contributed by atoms with Crippen LogP contribution in [0.15, 0.2) is 24.3 Å². The predicted molar refractivity (Wildman–Crippen MR) is 132 cm³/mol. The third-order valence-corrected chi connectivity index (χ3v) is 5.71. The second kappa shape index (κ2) is 17.7. The third kappa shape index (κ3) is 12.9. The van der Waals surface area contributed by atoms with Crippen LogP contribution >= 0.6 is 0 Å². The van der Waals surface area contributed by atoms with Gasteiger partial charge in [-0.05, 0) is 37.8 Å². The fraction of sp³-hybridized carbons (Fsp3) is 0.714. The summed E-state index contributed by atoms with van der Waals surface area (Å²) in [5, 5.41) is 0. The van der Waals surface area contributed by atoms with Crippen LogP contribution in [0.3, 0.4) is 0 Å². The highest BCUT2D eigenvalue weighted by Crippen LogP contribution is 2.16. The van der Waals surface area contributed by atoms with Crippen molar-refractivity contribution in [1.29, 1.82) is 0 Å². The standard InChI is InChI=1S/C28H46O4/c1-5-6-7-8-9-10-11-12-13-14-15-18-21-31-27(29)25-19-16-17-20-26(25)28(30)32-24(4)22-23(2)3/h16-17,19-20,23-24H,5-15,18,21-22H2,1-4H3. The molecule has 0 saturated heterocycles. The molecule has 1 rings (SSSR count). The lowest BCUT2D eigenvalue weighted by Gasteiger charge is -2.16. The van der Waals surface area contributed by atoms with Crippen molar-refractivity contribution in [1.82, 2.24) is 0 Å². The lowest BCUT2D eigenvalue weighted by molar-refractivity contribution is 0.0288. The lowest BCUT2D eigenvalue weighted by atomic mass is 10.1. The van der Waals surface area contributed by atoms with E-state index in [9.17, 15) is 9.59 Å². The van der Waals surface area contributed by atoms with Crippen LogP contribution in [0.2, 0.25) is 0 Å². The third-order valence-electron chi connectivity index (χ3n) is 5.71. The van der Waals surface area contributed by atoms with Crippen LogP contribution in [0, 0.1) is 5.92 Å². The van der Waals surface area contributed by atoms with Crippen LogP contribution in [-0.2, 0) is 9.47 Å². The van der Waals surface area contributed by atoms with E-state index in [1.165, 1.54) is 64.2 Å². The smallest absolute Gasteiger partial charge is 0.339 e. The lowest BCUT2D eigenvalue weighted by Crippen LogP contribution is -2.20. The molecule has 1 unspecified atom stereocenters. The molecule has 0 aliphatic heterocycles. The molecule has 0 amide bonds. The van der Waals surface area contributed by atoms with Gasteiger partial charge in [-0.3, -0.25) is 0 Å². The number of esters is 2. The van der Waals surface area contributed by atoms with Gasteiger partial charge in [-0.1, -0.05) is 104 Å². The maximum atomic E-state index is 12.5. The number of hydrogen-bond donors (Lipinski definition) is 0. The molecule has 0 aliphatic rings. The summed E-state index contributed by atoms with van der Waals surface area (Å²) in [7, 11) is 0. The summed E-state index contributed by atoms with van der Waals surface area (Å²) >= 11 is 0. The summed E-state index contributed by atoms with van der Waals surface area (Å²) in [6.07, 6.45) is 15.8. The van der Waals surface area contributed by atoms with Gasteiger partial charge >= 0.3 is 11.9 Å². The number of benzene rings is 1. The molecule has 0 aliphatic carbocycles. The molecule has 0 heterocycles. The number of carbonyl (C=O) groups is 2. The van der Waals surface area contributed by atoms with Gasteiger partial charge in [0.25, 0.3) is 0 Å². The first-order chi connectivity index (χ1) is 15.5. The van der Waals surface area contributed by atoms with Crippen LogP contribution in [-0.4, -0.2) is 24.6 Å². The van der Waals surface area contributed by atoms with Crippen LogP contribution in [0.5, 0.6) is 0 Å². The molecule has 182 valence electrons. The van der Waals surface area contributed by atoms with Crippen LogP contribution in [0.1, 0.15) is 132 Å². The number of unbranched alkanes of at least 4 members (excludes halogenated alkanes) is 11. The highest BCUT2D eigenvalue weighted by atomic mass is 16.5. The Bertz CT molecular complexity index is 638. The van der Waals surface area contributed by atoms with Crippen molar-refractivity contribution in [2.75, 3.05) is 6.61 Å². The van der Waals surface area contributed by atoms with Crippen LogP contribution in [0.25, 0.3) is 0 Å². The molecule has 0 fully saturated rings. The number of ether oxygens (including phenoxy) is 2. The molecular formula is C28H46O4. The minimum atomic E-state index is -0.462. The molecule has 4 nitrogen and oxygen atoms in total. The predicted octanol–water partition coefficient (Wildman–Crippen LogP) is 8.14. The summed E-state index contributed by atoms with van der Waals surface area (Å²) in [5.74, 6) is -0.471. The first kappa shape index (κ1) is 28.2. The van der Waals surface area contributed by atoms with Gasteiger partial charge in [0.2, 0.25) is 0 Å². The van der Waals surface area contributed by atoms with Crippen molar-refractivity contribution in [2.24, 2.45) is 5.92 Å². The quantitative estimate of drug-likeness (QED) is 0.169. The number of rotatable bonds is 18. The van der Waals surface area contributed by atoms with E-state index in [0.717, 1.165) is 19.3 Å². The molecule has 0 aromatic heterocycles. The highest BCUT2D eigenvalue weighted by molar-refractivity contribution is 6.03. The van der Waals surface area contributed by atoms with Gasteiger partial charge in [0.05, 0.1) is 23.8 Å². The molecule has 1 aromatic rings. The molecule has 0 bridgehead atoms. The minimum absolute atomic E-state index is 0.187. The summed E-state index contributed by atoms with van der Waals surface area (Å²) in [5.41, 5.74) is 0.566. The van der Waals surface area contributed by atoms with E-state index in [0.29, 0.717) is 12.5 Å². The van der Waals surface area contributed by atoms with E-state index in [4.69, 9.17) is 9.47 Å². The van der Waals surface area contributed by atoms with Gasteiger partial charge < -0.3 is 9.47 Å². The van der Waals surface area contributed by atoms with E-state index in [1.54, 1.807) is 24.3 Å². The van der Waals surface area contributed by atoms with Crippen molar-refractivity contribution in [2.45, 2.75) is 117 Å². The normalized spacial score (nSPS) is 12.0. The second-order valence-corrected chi connectivity index (χ2v) is 9.42. The van der Waals surface area contributed by atoms with E-state index in [1.807, 2.05) is 6.92 Å².